The molecule has 1 aromatic heterocycles. The first-order valence-corrected chi connectivity index (χ1v) is 13.1. The fourth-order valence-corrected chi connectivity index (χ4v) is 5.59. The maximum absolute atomic E-state index is 12.7. The lowest BCUT2D eigenvalue weighted by Crippen LogP contribution is -2.34. The van der Waals surface area contributed by atoms with E-state index in [-0.39, 0.29) is 43.3 Å². The zero-order valence-electron chi connectivity index (χ0n) is 20.7. The van der Waals surface area contributed by atoms with Gasteiger partial charge in [-0.1, -0.05) is 24.3 Å². The molecule has 0 amide bonds. The van der Waals surface area contributed by atoms with E-state index in [0.29, 0.717) is 5.95 Å². The van der Waals surface area contributed by atoms with Gasteiger partial charge in [0.25, 0.3) is 0 Å². The summed E-state index contributed by atoms with van der Waals surface area (Å²) in [7, 11) is -0.316. The van der Waals surface area contributed by atoms with Gasteiger partial charge >= 0.3 is 6.36 Å². The Morgan fingerprint density at radius 1 is 0.974 bits per heavy atom. The third kappa shape index (κ3) is 7.98. The Morgan fingerprint density at radius 3 is 2.26 bits per heavy atom. The first-order chi connectivity index (χ1) is 17.0. The van der Waals surface area contributed by atoms with E-state index in [1.54, 1.807) is 0 Å². The number of fused-ring (bicyclic) bond motifs is 1. The van der Waals surface area contributed by atoms with Crippen LogP contribution in [-0.2, 0) is 10.0 Å². The first-order valence-electron chi connectivity index (χ1n) is 11.6. The summed E-state index contributed by atoms with van der Waals surface area (Å²) in [5, 5.41) is 4.37. The SMILES string of the molecule is CN(C)c1nc(NC2CCC(CNS(=O)(=O)c3ccccc3OC(F)(F)F)CC2)nc2ccccc12.Cl.Cl. The monoisotopic (exact) mass is 595 g/mol. The van der Waals surface area contributed by atoms with Crippen LogP contribution in [0.1, 0.15) is 25.7 Å². The van der Waals surface area contributed by atoms with Crippen LogP contribution in [0.25, 0.3) is 10.9 Å². The zero-order chi connectivity index (χ0) is 25.9. The number of hydrogen-bond donors (Lipinski definition) is 2. The van der Waals surface area contributed by atoms with E-state index < -0.39 is 27.0 Å². The molecule has 210 valence electrons. The van der Waals surface area contributed by atoms with Crippen LogP contribution in [0.3, 0.4) is 0 Å². The van der Waals surface area contributed by atoms with Crippen LogP contribution >= 0.6 is 24.8 Å². The Morgan fingerprint density at radius 2 is 1.61 bits per heavy atom. The second-order valence-corrected chi connectivity index (χ2v) is 10.7. The molecule has 1 fully saturated rings. The van der Waals surface area contributed by atoms with Crippen molar-refractivity contribution in [2.75, 3.05) is 30.9 Å². The predicted octanol–water partition coefficient (Wildman–Crippen LogP) is 5.39. The minimum absolute atomic E-state index is 0. The molecule has 0 spiro atoms. The van der Waals surface area contributed by atoms with E-state index in [2.05, 4.69) is 24.7 Å². The summed E-state index contributed by atoms with van der Waals surface area (Å²) in [6, 6.07) is 12.6. The van der Waals surface area contributed by atoms with E-state index in [1.165, 1.54) is 12.1 Å². The Kier molecular flexibility index (Phi) is 10.8. The van der Waals surface area contributed by atoms with Crippen LogP contribution in [0.4, 0.5) is 24.9 Å². The predicted molar refractivity (Wildman–Crippen MR) is 146 cm³/mol. The summed E-state index contributed by atoms with van der Waals surface area (Å²) in [5.74, 6) is 0.671. The number of halogens is 5. The highest BCUT2D eigenvalue weighted by atomic mass is 35.5. The number of para-hydroxylation sites is 2. The Hall–Kier alpha value is -2.54. The van der Waals surface area contributed by atoms with Crippen molar-refractivity contribution in [2.24, 2.45) is 5.92 Å². The molecule has 0 unspecified atom stereocenters. The van der Waals surface area contributed by atoms with Crippen molar-refractivity contribution >= 4 is 57.5 Å². The van der Waals surface area contributed by atoms with Crippen molar-refractivity contribution in [3.8, 4) is 5.75 Å². The normalized spacial score (nSPS) is 17.7. The molecule has 2 aromatic carbocycles. The summed E-state index contributed by atoms with van der Waals surface area (Å²) >= 11 is 0. The molecule has 1 heterocycles. The molecule has 0 radical (unpaired) electrons. The number of aromatic nitrogens is 2. The Balaban J connectivity index is 0.00000253. The molecule has 1 aliphatic carbocycles. The second-order valence-electron chi connectivity index (χ2n) is 8.99. The zero-order valence-corrected chi connectivity index (χ0v) is 23.2. The largest absolute Gasteiger partial charge is 0.573 e. The van der Waals surface area contributed by atoms with E-state index in [1.807, 2.05) is 43.3 Å². The van der Waals surface area contributed by atoms with Gasteiger partial charge in [-0.3, -0.25) is 0 Å². The van der Waals surface area contributed by atoms with Gasteiger partial charge < -0.3 is 15.0 Å². The van der Waals surface area contributed by atoms with E-state index in [9.17, 15) is 21.6 Å². The highest BCUT2D eigenvalue weighted by molar-refractivity contribution is 7.89. The third-order valence-electron chi connectivity index (χ3n) is 6.11. The van der Waals surface area contributed by atoms with E-state index in [0.717, 1.165) is 54.5 Å². The molecule has 1 aliphatic rings. The fourth-order valence-electron chi connectivity index (χ4n) is 4.35. The van der Waals surface area contributed by atoms with Crippen LogP contribution in [0, 0.1) is 5.92 Å². The van der Waals surface area contributed by atoms with Crippen molar-refractivity contribution < 1.29 is 26.3 Å². The number of rotatable bonds is 8. The van der Waals surface area contributed by atoms with Gasteiger partial charge in [0.1, 0.15) is 16.5 Å². The Bertz CT molecular complexity index is 1320. The topological polar surface area (TPSA) is 96.5 Å². The van der Waals surface area contributed by atoms with Crippen LogP contribution in [0.5, 0.6) is 5.75 Å². The van der Waals surface area contributed by atoms with Crippen LogP contribution in [0.2, 0.25) is 0 Å². The van der Waals surface area contributed by atoms with E-state index >= 15 is 0 Å². The number of anilines is 2. The maximum Gasteiger partial charge on any atom is 0.573 e. The van der Waals surface area contributed by atoms with Crippen molar-refractivity contribution in [1.29, 1.82) is 0 Å². The average Bonchev–Trinajstić information content (AvgIpc) is 2.82. The number of ether oxygens (including phenoxy) is 1. The van der Waals surface area contributed by atoms with Crippen molar-refractivity contribution in [3.05, 3.63) is 48.5 Å². The van der Waals surface area contributed by atoms with Crippen molar-refractivity contribution in [2.45, 2.75) is 43.0 Å². The summed E-state index contributed by atoms with van der Waals surface area (Å²) in [6.45, 7) is 0.132. The highest BCUT2D eigenvalue weighted by Gasteiger charge is 2.34. The summed E-state index contributed by atoms with van der Waals surface area (Å²) in [5.41, 5.74) is 0.844. The third-order valence-corrected chi connectivity index (χ3v) is 7.58. The number of nitrogens with one attached hydrogen (secondary N) is 2. The van der Waals surface area contributed by atoms with Crippen LogP contribution in [-0.4, -0.2) is 51.4 Å². The molecule has 0 atom stereocenters. The lowest BCUT2D eigenvalue weighted by Gasteiger charge is -2.29. The molecule has 1 saturated carbocycles. The summed E-state index contributed by atoms with van der Waals surface area (Å²) in [6.07, 6.45) is -1.93. The van der Waals surface area contributed by atoms with Gasteiger partial charge in [-0.2, -0.15) is 4.98 Å². The van der Waals surface area contributed by atoms with Crippen molar-refractivity contribution in [3.63, 3.8) is 0 Å². The maximum atomic E-state index is 12.7. The lowest BCUT2D eigenvalue weighted by molar-refractivity contribution is -0.275. The van der Waals surface area contributed by atoms with E-state index in [4.69, 9.17) is 0 Å². The summed E-state index contributed by atoms with van der Waals surface area (Å²) in [4.78, 5) is 10.7. The van der Waals surface area contributed by atoms with Crippen molar-refractivity contribution in [1.82, 2.24) is 14.7 Å². The van der Waals surface area contributed by atoms with Crippen LogP contribution < -0.4 is 19.7 Å². The van der Waals surface area contributed by atoms with Gasteiger partial charge in [-0.25, -0.2) is 18.1 Å². The van der Waals surface area contributed by atoms with Gasteiger partial charge in [0, 0.05) is 32.1 Å². The molecule has 0 bridgehead atoms. The molecule has 0 aliphatic heterocycles. The molecule has 2 N–H and O–H groups in total. The number of hydrogen-bond acceptors (Lipinski definition) is 7. The molecule has 14 heteroatoms. The first kappa shape index (κ1) is 31.7. The molecular formula is C24H30Cl2F3N5O3S. The molecule has 8 nitrogen and oxygen atoms in total. The second kappa shape index (κ2) is 13.0. The number of sulfonamides is 1. The molecular weight excluding hydrogens is 566 g/mol. The molecule has 4 rings (SSSR count). The molecule has 3 aromatic rings. The fraction of sp³-hybridized carbons (Fsp3) is 0.417. The lowest BCUT2D eigenvalue weighted by atomic mass is 9.86. The standard InChI is InChI=1S/C24H28F3N5O3S.2ClH/c1-32(2)22-18-7-3-4-8-19(18)30-23(31-22)29-17-13-11-16(12-14-17)15-28-36(33,34)21-10-6-5-9-20(21)35-24(25,26)27;;/h3-10,16-17,28H,11-15H2,1-2H3,(H,29,30,31);2*1H. The summed E-state index contributed by atoms with van der Waals surface area (Å²) < 4.78 is 69.7. The number of benzene rings is 2. The van der Waals surface area contributed by atoms with Gasteiger partial charge in [-0.15, -0.1) is 38.0 Å². The number of alkyl halides is 3. The number of nitrogens with zero attached hydrogens (tertiary/aromatic N) is 3. The minimum atomic E-state index is -4.99. The minimum Gasteiger partial charge on any atom is -0.404 e. The van der Waals surface area contributed by atoms with Crippen LogP contribution in [0.15, 0.2) is 53.4 Å². The Labute approximate surface area is 232 Å². The van der Waals surface area contributed by atoms with Gasteiger partial charge in [0.2, 0.25) is 16.0 Å². The van der Waals surface area contributed by atoms with Gasteiger partial charge in [0.15, 0.2) is 0 Å². The highest BCUT2D eigenvalue weighted by Crippen LogP contribution is 2.31. The quantitative estimate of drug-likeness (QED) is 0.360. The molecule has 38 heavy (non-hydrogen) atoms. The average molecular weight is 597 g/mol. The molecule has 0 saturated heterocycles. The van der Waals surface area contributed by atoms with Gasteiger partial charge in [0.05, 0.1) is 5.52 Å². The van der Waals surface area contributed by atoms with Gasteiger partial charge in [-0.05, 0) is 55.9 Å². The smallest absolute Gasteiger partial charge is 0.404 e.